The molecule has 2 rings (SSSR count). The van der Waals surface area contributed by atoms with Crippen molar-refractivity contribution in [1.82, 2.24) is 9.62 Å². The molecule has 1 fully saturated rings. The summed E-state index contributed by atoms with van der Waals surface area (Å²) < 4.78 is 26.3. The quantitative estimate of drug-likeness (QED) is 0.896. The van der Waals surface area contributed by atoms with Crippen molar-refractivity contribution >= 4 is 22.4 Å². The Hall–Kier alpha value is -0.620. The predicted molar refractivity (Wildman–Crippen MR) is 74.7 cm³/mol. The summed E-state index contributed by atoms with van der Waals surface area (Å²) in [6, 6.07) is 7.29. The van der Waals surface area contributed by atoms with E-state index in [1.165, 1.54) is 0 Å². The van der Waals surface area contributed by atoms with Crippen LogP contribution in [0.4, 0.5) is 0 Å². The Labute approximate surface area is 115 Å². The van der Waals surface area contributed by atoms with Gasteiger partial charge in [0.1, 0.15) is 0 Å². The van der Waals surface area contributed by atoms with Crippen LogP contribution in [0.25, 0.3) is 0 Å². The van der Waals surface area contributed by atoms with Crippen molar-refractivity contribution in [2.75, 3.05) is 19.6 Å². The molecule has 1 atom stereocenters. The number of hydrogen-bond acceptors (Lipinski definition) is 3. The normalized spacial score (nSPS) is 21.3. The van der Waals surface area contributed by atoms with Gasteiger partial charge in [-0.1, -0.05) is 12.1 Å². The predicted octanol–water partition coefficient (Wildman–Crippen LogP) is 1.40. The highest BCUT2D eigenvalue weighted by atomic mass is 35.5. The molecule has 1 aromatic carbocycles. The molecule has 102 valence electrons. The number of halogens is 1. The lowest BCUT2D eigenvalue weighted by Gasteiger charge is -2.31. The zero-order valence-corrected chi connectivity index (χ0v) is 12.2. The number of benzene rings is 1. The molecule has 0 spiro atoms. The molecule has 1 aliphatic heterocycles. The molecule has 1 N–H and O–H groups in total. The van der Waals surface area contributed by atoms with Gasteiger partial charge in [-0.05, 0) is 31.5 Å². The molecule has 0 unspecified atom stereocenters. The topological polar surface area (TPSA) is 49.4 Å². The monoisotopic (exact) mass is 290 g/mol. The molecule has 1 aliphatic rings. The largest absolute Gasteiger partial charge is 0.312 e. The van der Waals surface area contributed by atoms with Crippen molar-refractivity contribution in [1.29, 1.82) is 0 Å². The highest BCUT2D eigenvalue weighted by Gasteiger charge is 2.28. The average Bonchev–Trinajstić information content (AvgIpc) is 2.29. The van der Waals surface area contributed by atoms with Crippen LogP contribution in [0.3, 0.4) is 0 Å². The first-order valence-electron chi connectivity index (χ1n) is 5.80. The van der Waals surface area contributed by atoms with Gasteiger partial charge in [0, 0.05) is 25.7 Å². The Morgan fingerprint density at radius 3 is 2.72 bits per heavy atom. The van der Waals surface area contributed by atoms with Crippen molar-refractivity contribution in [3.63, 3.8) is 0 Å². The first-order chi connectivity index (χ1) is 8.00. The molecule has 0 amide bonds. The van der Waals surface area contributed by atoms with Crippen LogP contribution in [-0.4, -0.2) is 38.4 Å². The summed E-state index contributed by atoms with van der Waals surface area (Å²) in [4.78, 5) is 0.395. The van der Waals surface area contributed by atoms with E-state index in [9.17, 15) is 8.42 Å². The third-order valence-electron chi connectivity index (χ3n) is 2.96. The maximum Gasteiger partial charge on any atom is 0.243 e. The lowest BCUT2D eigenvalue weighted by Crippen LogP contribution is -2.51. The van der Waals surface area contributed by atoms with Gasteiger partial charge in [0.05, 0.1) is 4.90 Å². The van der Waals surface area contributed by atoms with Crippen LogP contribution in [0.1, 0.15) is 12.5 Å². The lowest BCUT2D eigenvalue weighted by molar-refractivity contribution is 0.310. The molecule has 18 heavy (non-hydrogen) atoms. The van der Waals surface area contributed by atoms with E-state index in [2.05, 4.69) is 5.32 Å². The summed E-state index contributed by atoms with van der Waals surface area (Å²) in [5.74, 6) is 0. The summed E-state index contributed by atoms with van der Waals surface area (Å²) in [6.45, 7) is 5.69. The van der Waals surface area contributed by atoms with E-state index in [-0.39, 0.29) is 18.4 Å². The van der Waals surface area contributed by atoms with Gasteiger partial charge in [0.15, 0.2) is 0 Å². The number of piperazine rings is 1. The van der Waals surface area contributed by atoms with E-state index < -0.39 is 10.0 Å². The number of aryl methyl sites for hydroxylation is 1. The molecular weight excluding hydrogens is 272 g/mol. The second-order valence-electron chi connectivity index (χ2n) is 4.53. The molecule has 1 saturated heterocycles. The van der Waals surface area contributed by atoms with E-state index in [4.69, 9.17) is 0 Å². The van der Waals surface area contributed by atoms with Crippen LogP contribution in [0, 0.1) is 6.92 Å². The number of hydrogen-bond donors (Lipinski definition) is 1. The van der Waals surface area contributed by atoms with Crippen molar-refractivity contribution in [3.05, 3.63) is 29.8 Å². The zero-order chi connectivity index (χ0) is 12.5. The van der Waals surface area contributed by atoms with E-state index in [1.807, 2.05) is 19.9 Å². The Bertz CT molecular complexity index is 505. The lowest BCUT2D eigenvalue weighted by atomic mass is 10.2. The summed E-state index contributed by atoms with van der Waals surface area (Å²) in [7, 11) is -3.32. The molecule has 0 saturated carbocycles. The van der Waals surface area contributed by atoms with Crippen LogP contribution in [-0.2, 0) is 10.0 Å². The second kappa shape index (κ2) is 6.02. The van der Waals surface area contributed by atoms with Crippen LogP contribution >= 0.6 is 12.4 Å². The summed E-state index contributed by atoms with van der Waals surface area (Å²) >= 11 is 0. The molecule has 4 nitrogen and oxygen atoms in total. The SMILES string of the molecule is Cc1cccc(S(=O)(=O)N2CCN[C@H](C)C2)c1.Cl. The van der Waals surface area contributed by atoms with E-state index in [0.717, 1.165) is 5.56 Å². The van der Waals surface area contributed by atoms with Crippen LogP contribution in [0.2, 0.25) is 0 Å². The van der Waals surface area contributed by atoms with E-state index in [1.54, 1.807) is 22.5 Å². The van der Waals surface area contributed by atoms with Gasteiger partial charge in [-0.3, -0.25) is 0 Å². The fourth-order valence-corrected chi connectivity index (χ4v) is 3.68. The van der Waals surface area contributed by atoms with Crippen LogP contribution in [0.5, 0.6) is 0 Å². The first-order valence-corrected chi connectivity index (χ1v) is 7.24. The number of nitrogens with zero attached hydrogens (tertiary/aromatic N) is 1. The van der Waals surface area contributed by atoms with Gasteiger partial charge >= 0.3 is 0 Å². The van der Waals surface area contributed by atoms with Crippen molar-refractivity contribution in [2.45, 2.75) is 24.8 Å². The van der Waals surface area contributed by atoms with E-state index >= 15 is 0 Å². The minimum absolute atomic E-state index is 0. The Kier molecular flexibility index (Phi) is 5.16. The molecule has 6 heteroatoms. The minimum atomic E-state index is -3.32. The van der Waals surface area contributed by atoms with Gasteiger partial charge in [0.2, 0.25) is 10.0 Å². The minimum Gasteiger partial charge on any atom is -0.312 e. The fourth-order valence-electron chi connectivity index (χ4n) is 2.04. The van der Waals surface area contributed by atoms with Crippen LogP contribution in [0.15, 0.2) is 29.2 Å². The average molecular weight is 291 g/mol. The fraction of sp³-hybridized carbons (Fsp3) is 0.500. The number of nitrogens with one attached hydrogen (secondary N) is 1. The second-order valence-corrected chi connectivity index (χ2v) is 6.47. The maximum atomic E-state index is 12.4. The van der Waals surface area contributed by atoms with E-state index in [0.29, 0.717) is 24.5 Å². The third kappa shape index (κ3) is 3.23. The highest BCUT2D eigenvalue weighted by Crippen LogP contribution is 2.18. The molecule has 0 bridgehead atoms. The van der Waals surface area contributed by atoms with Gasteiger partial charge < -0.3 is 5.32 Å². The summed E-state index contributed by atoms with van der Waals surface area (Å²) in [5.41, 5.74) is 0.967. The Morgan fingerprint density at radius 1 is 1.39 bits per heavy atom. The van der Waals surface area contributed by atoms with Crippen LogP contribution < -0.4 is 5.32 Å². The molecule has 0 radical (unpaired) electrons. The zero-order valence-electron chi connectivity index (χ0n) is 10.6. The van der Waals surface area contributed by atoms with Crippen molar-refractivity contribution in [2.24, 2.45) is 0 Å². The van der Waals surface area contributed by atoms with Gasteiger partial charge in [-0.15, -0.1) is 12.4 Å². The molecule has 0 aromatic heterocycles. The first kappa shape index (κ1) is 15.4. The standard InChI is InChI=1S/C12H18N2O2S.ClH/c1-10-4-3-5-12(8-10)17(15,16)14-7-6-13-11(2)9-14;/h3-5,8,11,13H,6-7,9H2,1-2H3;1H/t11-;/m1./s1. The molecule has 1 aromatic rings. The maximum absolute atomic E-state index is 12.4. The summed E-state index contributed by atoms with van der Waals surface area (Å²) in [5, 5.41) is 3.24. The summed E-state index contributed by atoms with van der Waals surface area (Å²) in [6.07, 6.45) is 0. The highest BCUT2D eigenvalue weighted by molar-refractivity contribution is 7.89. The van der Waals surface area contributed by atoms with Gasteiger partial charge in [-0.25, -0.2) is 8.42 Å². The third-order valence-corrected chi connectivity index (χ3v) is 4.82. The molecule has 1 heterocycles. The smallest absolute Gasteiger partial charge is 0.243 e. The van der Waals surface area contributed by atoms with Gasteiger partial charge in [-0.2, -0.15) is 4.31 Å². The Morgan fingerprint density at radius 2 is 2.11 bits per heavy atom. The number of rotatable bonds is 2. The van der Waals surface area contributed by atoms with Crippen molar-refractivity contribution in [3.8, 4) is 0 Å². The number of sulfonamides is 1. The van der Waals surface area contributed by atoms with Crippen molar-refractivity contribution < 1.29 is 8.42 Å². The molecular formula is C12H19ClN2O2S. The molecule has 0 aliphatic carbocycles. The van der Waals surface area contributed by atoms with Gasteiger partial charge in [0.25, 0.3) is 0 Å². The Balaban J connectivity index is 0.00000162.